The number of alkyl halides is 3. The summed E-state index contributed by atoms with van der Waals surface area (Å²) in [4.78, 5) is 24.1. The highest BCUT2D eigenvalue weighted by Gasteiger charge is 2.54. The zero-order valence-corrected chi connectivity index (χ0v) is 13.8. The van der Waals surface area contributed by atoms with Crippen molar-refractivity contribution in [2.75, 3.05) is 0 Å². The van der Waals surface area contributed by atoms with Gasteiger partial charge in [0, 0.05) is 18.3 Å². The van der Waals surface area contributed by atoms with Gasteiger partial charge in [-0.25, -0.2) is 0 Å². The first-order valence-electron chi connectivity index (χ1n) is 8.90. The van der Waals surface area contributed by atoms with E-state index in [9.17, 15) is 22.8 Å². The summed E-state index contributed by atoms with van der Waals surface area (Å²) in [6.45, 7) is -0.370. The lowest BCUT2D eigenvalue weighted by molar-refractivity contribution is -0.138. The standard InChI is InChI=1S/C18H21F3N2O2/c19-18(20,21)11-4-5-17(25)23(8-11)9-16(24)22-15-7-10-6-14(15)13-3-1-2-12(10)13/h4-5,8,10,12-15H,1-3,6-7,9H2,(H,22,24)/t10-,12+,13-,14+,15-/m1/s1. The van der Waals surface area contributed by atoms with Crippen molar-refractivity contribution in [3.05, 3.63) is 34.2 Å². The maximum atomic E-state index is 12.8. The molecule has 3 fully saturated rings. The van der Waals surface area contributed by atoms with Gasteiger partial charge in [0.2, 0.25) is 5.91 Å². The van der Waals surface area contributed by atoms with Gasteiger partial charge in [0.15, 0.2) is 0 Å². The topological polar surface area (TPSA) is 51.1 Å². The Morgan fingerprint density at radius 1 is 1.16 bits per heavy atom. The summed E-state index contributed by atoms with van der Waals surface area (Å²) >= 11 is 0. The molecule has 3 aliphatic carbocycles. The van der Waals surface area contributed by atoms with Gasteiger partial charge in [0.25, 0.3) is 5.56 Å². The molecule has 0 saturated heterocycles. The first kappa shape index (κ1) is 16.7. The number of rotatable bonds is 3. The number of halogens is 3. The van der Waals surface area contributed by atoms with E-state index in [2.05, 4.69) is 5.32 Å². The highest BCUT2D eigenvalue weighted by Crippen LogP contribution is 2.58. The van der Waals surface area contributed by atoms with Gasteiger partial charge in [-0.2, -0.15) is 13.2 Å². The number of nitrogens with zero attached hydrogens (tertiary/aromatic N) is 1. The molecule has 2 bridgehead atoms. The van der Waals surface area contributed by atoms with E-state index < -0.39 is 17.3 Å². The third-order valence-corrected chi connectivity index (χ3v) is 6.40. The summed E-state index contributed by atoms with van der Waals surface area (Å²) in [7, 11) is 0. The maximum Gasteiger partial charge on any atom is 0.417 e. The highest BCUT2D eigenvalue weighted by atomic mass is 19.4. The zero-order chi connectivity index (χ0) is 17.8. The fraction of sp³-hybridized carbons (Fsp3) is 0.667. The minimum absolute atomic E-state index is 0.110. The van der Waals surface area contributed by atoms with Crippen LogP contribution in [0.5, 0.6) is 0 Å². The average Bonchev–Trinajstić information content (AvgIpc) is 3.20. The second-order valence-electron chi connectivity index (χ2n) is 7.71. The van der Waals surface area contributed by atoms with Crippen molar-refractivity contribution in [2.24, 2.45) is 23.7 Å². The predicted molar refractivity (Wildman–Crippen MR) is 84.7 cm³/mol. The third-order valence-electron chi connectivity index (χ3n) is 6.40. The number of pyridine rings is 1. The van der Waals surface area contributed by atoms with Gasteiger partial charge in [-0.1, -0.05) is 6.42 Å². The number of hydrogen-bond acceptors (Lipinski definition) is 2. The first-order valence-corrected chi connectivity index (χ1v) is 8.90. The molecule has 1 amide bonds. The molecule has 0 aliphatic heterocycles. The summed E-state index contributed by atoms with van der Waals surface area (Å²) in [5.41, 5.74) is -1.53. The smallest absolute Gasteiger partial charge is 0.352 e. The van der Waals surface area contributed by atoms with Gasteiger partial charge in [-0.3, -0.25) is 9.59 Å². The molecule has 1 N–H and O–H groups in total. The molecule has 0 unspecified atom stereocenters. The van der Waals surface area contributed by atoms with Crippen LogP contribution in [0.15, 0.2) is 23.1 Å². The Bertz CT molecular complexity index is 743. The molecule has 5 atom stereocenters. The van der Waals surface area contributed by atoms with Crippen LogP contribution in [0.1, 0.15) is 37.7 Å². The molecule has 7 heteroatoms. The Hall–Kier alpha value is -1.79. The Morgan fingerprint density at radius 2 is 1.92 bits per heavy atom. The van der Waals surface area contributed by atoms with Crippen molar-refractivity contribution in [3.8, 4) is 0 Å². The number of fused-ring (bicyclic) bond motifs is 5. The van der Waals surface area contributed by atoms with Crippen molar-refractivity contribution in [3.63, 3.8) is 0 Å². The summed E-state index contributed by atoms with van der Waals surface area (Å²) in [6, 6.07) is 1.71. The van der Waals surface area contributed by atoms with E-state index in [0.29, 0.717) is 17.8 Å². The summed E-state index contributed by atoms with van der Waals surface area (Å²) < 4.78 is 39.2. The van der Waals surface area contributed by atoms with Gasteiger partial charge < -0.3 is 9.88 Å². The highest BCUT2D eigenvalue weighted by molar-refractivity contribution is 5.76. The summed E-state index contributed by atoms with van der Waals surface area (Å²) in [5.74, 6) is 2.30. The lowest BCUT2D eigenvalue weighted by Crippen LogP contribution is -2.44. The van der Waals surface area contributed by atoms with Crippen molar-refractivity contribution < 1.29 is 18.0 Å². The van der Waals surface area contributed by atoms with E-state index in [4.69, 9.17) is 0 Å². The fourth-order valence-corrected chi connectivity index (χ4v) is 5.46. The lowest BCUT2D eigenvalue weighted by Gasteiger charge is -2.32. The average molecular weight is 354 g/mol. The number of carbonyl (C=O) groups is 1. The van der Waals surface area contributed by atoms with Crippen LogP contribution < -0.4 is 10.9 Å². The molecule has 136 valence electrons. The van der Waals surface area contributed by atoms with Crippen molar-refractivity contribution in [2.45, 2.75) is 50.9 Å². The van der Waals surface area contributed by atoms with Crippen LogP contribution in [-0.4, -0.2) is 16.5 Å². The lowest BCUT2D eigenvalue weighted by atomic mass is 9.79. The van der Waals surface area contributed by atoms with Gasteiger partial charge in [-0.05, 0) is 55.4 Å². The van der Waals surface area contributed by atoms with Crippen LogP contribution in [-0.2, 0) is 17.5 Å². The van der Waals surface area contributed by atoms with Crippen molar-refractivity contribution in [1.82, 2.24) is 9.88 Å². The third kappa shape index (κ3) is 2.98. The minimum Gasteiger partial charge on any atom is -0.352 e. The molecule has 0 aromatic carbocycles. The SMILES string of the molecule is O=C(Cn1cc(C(F)(F)F)ccc1=O)N[C@@H]1C[C@H]2C[C@H]1[C@@H]1CCC[C@@H]21. The predicted octanol–water partition coefficient (Wildman–Crippen LogP) is 2.81. The van der Waals surface area contributed by atoms with E-state index in [0.717, 1.165) is 41.7 Å². The normalized spacial score (nSPS) is 33.5. The molecule has 25 heavy (non-hydrogen) atoms. The van der Waals surface area contributed by atoms with Crippen molar-refractivity contribution >= 4 is 5.91 Å². The summed E-state index contributed by atoms with van der Waals surface area (Å²) in [5, 5.41) is 2.98. The van der Waals surface area contributed by atoms with E-state index in [-0.39, 0.29) is 18.5 Å². The molecule has 0 spiro atoms. The zero-order valence-electron chi connectivity index (χ0n) is 13.8. The number of hydrogen-bond donors (Lipinski definition) is 1. The Labute approximate surface area is 143 Å². The minimum atomic E-state index is -4.53. The number of nitrogens with one attached hydrogen (secondary N) is 1. The molecule has 1 heterocycles. The van der Waals surface area contributed by atoms with Gasteiger partial charge in [0.1, 0.15) is 6.54 Å². The molecule has 0 radical (unpaired) electrons. The van der Waals surface area contributed by atoms with E-state index >= 15 is 0 Å². The van der Waals surface area contributed by atoms with Gasteiger partial charge >= 0.3 is 6.18 Å². The Balaban J connectivity index is 1.43. The van der Waals surface area contributed by atoms with E-state index in [1.165, 1.54) is 19.3 Å². The second kappa shape index (κ2) is 5.88. The quantitative estimate of drug-likeness (QED) is 0.908. The first-order chi connectivity index (χ1) is 11.8. The Kier molecular flexibility index (Phi) is 3.92. The molecule has 3 aliphatic rings. The summed E-state index contributed by atoms with van der Waals surface area (Å²) in [6.07, 6.45) is 2.10. The molecular formula is C18H21F3N2O2. The van der Waals surface area contributed by atoms with Crippen LogP contribution in [0.3, 0.4) is 0 Å². The second-order valence-corrected chi connectivity index (χ2v) is 7.71. The van der Waals surface area contributed by atoms with Crippen LogP contribution in [0.2, 0.25) is 0 Å². The maximum absolute atomic E-state index is 12.8. The van der Waals surface area contributed by atoms with Crippen LogP contribution >= 0.6 is 0 Å². The molecule has 1 aromatic rings. The van der Waals surface area contributed by atoms with Crippen LogP contribution in [0, 0.1) is 23.7 Å². The van der Waals surface area contributed by atoms with Crippen molar-refractivity contribution in [1.29, 1.82) is 0 Å². The number of amides is 1. The molecule has 4 nitrogen and oxygen atoms in total. The Morgan fingerprint density at radius 3 is 2.68 bits per heavy atom. The molecule has 3 saturated carbocycles. The van der Waals surface area contributed by atoms with Gasteiger partial charge in [0.05, 0.1) is 5.56 Å². The molecule has 1 aromatic heterocycles. The molecule has 4 rings (SSSR count). The van der Waals surface area contributed by atoms with E-state index in [1.54, 1.807) is 0 Å². The number of aromatic nitrogens is 1. The monoisotopic (exact) mass is 354 g/mol. The fourth-order valence-electron chi connectivity index (χ4n) is 5.46. The number of carbonyl (C=O) groups excluding carboxylic acids is 1. The van der Waals surface area contributed by atoms with Gasteiger partial charge in [-0.15, -0.1) is 0 Å². The van der Waals surface area contributed by atoms with Crippen LogP contribution in [0.4, 0.5) is 13.2 Å². The van der Waals surface area contributed by atoms with E-state index in [1.807, 2.05) is 0 Å². The molecular weight excluding hydrogens is 333 g/mol. The van der Waals surface area contributed by atoms with Crippen LogP contribution in [0.25, 0.3) is 0 Å². The largest absolute Gasteiger partial charge is 0.417 e.